The summed E-state index contributed by atoms with van der Waals surface area (Å²) in [6.45, 7) is 6.80. The molecule has 0 unspecified atom stereocenters. The molecule has 0 spiro atoms. The van der Waals surface area contributed by atoms with E-state index in [2.05, 4.69) is 4.90 Å². The highest BCUT2D eigenvalue weighted by atomic mass is 16.7. The first-order valence-corrected chi connectivity index (χ1v) is 8.53. The molecule has 0 saturated carbocycles. The van der Waals surface area contributed by atoms with Gasteiger partial charge in [0.05, 0.1) is 6.54 Å². The standard InChI is InChI=1S/C20H27N3O3/c1-20(2,3)26-19(24)25-13-12-23(18-10-8-17(22)9-11-18)14-15-4-6-16(21)7-5-15/h4-11H,12-14,21-22H2,1-3H3. The van der Waals surface area contributed by atoms with Crippen LogP contribution in [0.3, 0.4) is 0 Å². The van der Waals surface area contributed by atoms with Gasteiger partial charge in [-0.2, -0.15) is 0 Å². The molecular weight excluding hydrogens is 330 g/mol. The number of nitrogen functional groups attached to an aromatic ring is 2. The summed E-state index contributed by atoms with van der Waals surface area (Å²) in [5, 5.41) is 0. The minimum Gasteiger partial charge on any atom is -0.432 e. The van der Waals surface area contributed by atoms with E-state index in [0.29, 0.717) is 18.8 Å². The van der Waals surface area contributed by atoms with E-state index in [-0.39, 0.29) is 6.61 Å². The van der Waals surface area contributed by atoms with E-state index in [9.17, 15) is 4.79 Å². The molecule has 0 fully saturated rings. The molecule has 6 nitrogen and oxygen atoms in total. The second-order valence-electron chi connectivity index (χ2n) is 7.07. The molecule has 0 saturated heterocycles. The van der Waals surface area contributed by atoms with Crippen molar-refractivity contribution >= 4 is 23.2 Å². The van der Waals surface area contributed by atoms with Crippen LogP contribution < -0.4 is 16.4 Å². The molecule has 0 heterocycles. The van der Waals surface area contributed by atoms with Crippen LogP contribution in [-0.4, -0.2) is 24.9 Å². The molecule has 2 aromatic rings. The number of nitrogens with two attached hydrogens (primary N) is 2. The smallest absolute Gasteiger partial charge is 0.432 e. The van der Waals surface area contributed by atoms with Crippen molar-refractivity contribution in [1.29, 1.82) is 0 Å². The largest absolute Gasteiger partial charge is 0.508 e. The third kappa shape index (κ3) is 6.55. The lowest BCUT2D eigenvalue weighted by atomic mass is 10.1. The van der Waals surface area contributed by atoms with Crippen LogP contribution in [0, 0.1) is 0 Å². The number of nitrogens with zero attached hydrogens (tertiary/aromatic N) is 1. The zero-order valence-corrected chi connectivity index (χ0v) is 15.6. The van der Waals surface area contributed by atoms with Crippen LogP contribution in [0.25, 0.3) is 0 Å². The fraction of sp³-hybridized carbons (Fsp3) is 0.350. The fourth-order valence-corrected chi connectivity index (χ4v) is 2.35. The van der Waals surface area contributed by atoms with Gasteiger partial charge in [0.2, 0.25) is 0 Å². The Bertz CT molecular complexity index is 707. The van der Waals surface area contributed by atoms with E-state index in [0.717, 1.165) is 16.9 Å². The summed E-state index contributed by atoms with van der Waals surface area (Å²) in [7, 11) is 0. The number of benzene rings is 2. The van der Waals surface area contributed by atoms with Gasteiger partial charge in [0.1, 0.15) is 12.2 Å². The molecular formula is C20H27N3O3. The summed E-state index contributed by atoms with van der Waals surface area (Å²) in [6, 6.07) is 15.3. The van der Waals surface area contributed by atoms with Crippen molar-refractivity contribution in [2.24, 2.45) is 0 Å². The number of carbonyl (C=O) groups excluding carboxylic acids is 1. The normalized spacial score (nSPS) is 11.0. The molecule has 2 aromatic carbocycles. The lowest BCUT2D eigenvalue weighted by Crippen LogP contribution is -2.30. The molecule has 0 amide bonds. The molecule has 0 aliphatic carbocycles. The molecule has 0 bridgehead atoms. The first kappa shape index (κ1) is 19.4. The van der Waals surface area contributed by atoms with Crippen LogP contribution in [0.2, 0.25) is 0 Å². The van der Waals surface area contributed by atoms with E-state index in [1.807, 2.05) is 48.5 Å². The number of ether oxygens (including phenoxy) is 2. The number of hydrogen-bond donors (Lipinski definition) is 2. The maximum atomic E-state index is 11.7. The van der Waals surface area contributed by atoms with Crippen molar-refractivity contribution in [3.63, 3.8) is 0 Å². The Morgan fingerprint density at radius 3 is 2.04 bits per heavy atom. The second kappa shape index (κ2) is 8.47. The van der Waals surface area contributed by atoms with Crippen molar-refractivity contribution in [2.75, 3.05) is 29.5 Å². The summed E-state index contributed by atoms with van der Waals surface area (Å²) < 4.78 is 10.4. The molecule has 0 aliphatic rings. The zero-order chi connectivity index (χ0) is 19.2. The van der Waals surface area contributed by atoms with Crippen LogP contribution in [0.15, 0.2) is 48.5 Å². The van der Waals surface area contributed by atoms with Gasteiger partial charge in [-0.25, -0.2) is 4.79 Å². The Balaban J connectivity index is 2.02. The molecule has 0 atom stereocenters. The summed E-state index contributed by atoms with van der Waals surface area (Å²) >= 11 is 0. The SMILES string of the molecule is CC(C)(C)OC(=O)OCCN(Cc1ccc(N)cc1)c1ccc(N)cc1. The van der Waals surface area contributed by atoms with Gasteiger partial charge < -0.3 is 25.8 Å². The fourth-order valence-electron chi connectivity index (χ4n) is 2.35. The molecule has 0 aliphatic heterocycles. The van der Waals surface area contributed by atoms with Gasteiger partial charge in [-0.1, -0.05) is 12.1 Å². The Labute approximate surface area is 154 Å². The van der Waals surface area contributed by atoms with E-state index >= 15 is 0 Å². The average molecular weight is 357 g/mol. The molecule has 0 radical (unpaired) electrons. The van der Waals surface area contributed by atoms with Gasteiger partial charge in [-0.3, -0.25) is 0 Å². The van der Waals surface area contributed by atoms with Crippen molar-refractivity contribution in [1.82, 2.24) is 0 Å². The summed E-state index contributed by atoms with van der Waals surface area (Å²) in [5.74, 6) is 0. The van der Waals surface area contributed by atoms with E-state index in [1.54, 1.807) is 20.8 Å². The minimum absolute atomic E-state index is 0.217. The maximum absolute atomic E-state index is 11.7. The number of rotatable bonds is 6. The van der Waals surface area contributed by atoms with Crippen LogP contribution in [0.4, 0.5) is 21.9 Å². The third-order valence-corrected chi connectivity index (χ3v) is 3.58. The summed E-state index contributed by atoms with van der Waals surface area (Å²) in [5.41, 5.74) is 14.5. The molecule has 0 aromatic heterocycles. The molecule has 6 heteroatoms. The van der Waals surface area contributed by atoms with Gasteiger partial charge in [-0.15, -0.1) is 0 Å². The molecule has 4 N–H and O–H groups in total. The van der Waals surface area contributed by atoms with Gasteiger partial charge in [0.15, 0.2) is 0 Å². The molecule has 26 heavy (non-hydrogen) atoms. The topological polar surface area (TPSA) is 90.8 Å². The van der Waals surface area contributed by atoms with Gasteiger partial charge >= 0.3 is 6.16 Å². The average Bonchev–Trinajstić information content (AvgIpc) is 2.55. The van der Waals surface area contributed by atoms with Crippen molar-refractivity contribution < 1.29 is 14.3 Å². The van der Waals surface area contributed by atoms with Crippen LogP contribution in [0.5, 0.6) is 0 Å². The summed E-state index contributed by atoms with van der Waals surface area (Å²) in [6.07, 6.45) is -0.665. The van der Waals surface area contributed by atoms with Gasteiger partial charge in [0.25, 0.3) is 0 Å². The predicted molar refractivity (Wildman–Crippen MR) is 105 cm³/mol. The predicted octanol–water partition coefficient (Wildman–Crippen LogP) is 3.81. The Morgan fingerprint density at radius 1 is 0.962 bits per heavy atom. The monoisotopic (exact) mass is 357 g/mol. The van der Waals surface area contributed by atoms with Crippen molar-refractivity contribution in [3.05, 3.63) is 54.1 Å². The first-order valence-electron chi connectivity index (χ1n) is 8.53. The first-order chi connectivity index (χ1) is 12.2. The highest BCUT2D eigenvalue weighted by Gasteiger charge is 2.17. The van der Waals surface area contributed by atoms with E-state index in [1.165, 1.54) is 0 Å². The van der Waals surface area contributed by atoms with Crippen LogP contribution >= 0.6 is 0 Å². The van der Waals surface area contributed by atoms with Crippen LogP contribution in [-0.2, 0) is 16.0 Å². The highest BCUT2D eigenvalue weighted by molar-refractivity contribution is 5.60. The Morgan fingerprint density at radius 2 is 1.50 bits per heavy atom. The minimum atomic E-state index is -0.665. The number of carbonyl (C=O) groups is 1. The lowest BCUT2D eigenvalue weighted by molar-refractivity contribution is -0.00600. The maximum Gasteiger partial charge on any atom is 0.508 e. The molecule has 2 rings (SSSR count). The third-order valence-electron chi connectivity index (χ3n) is 3.58. The van der Waals surface area contributed by atoms with Gasteiger partial charge in [-0.05, 0) is 62.7 Å². The summed E-state index contributed by atoms with van der Waals surface area (Å²) in [4.78, 5) is 13.8. The number of hydrogen-bond acceptors (Lipinski definition) is 6. The highest BCUT2D eigenvalue weighted by Crippen LogP contribution is 2.19. The van der Waals surface area contributed by atoms with Crippen molar-refractivity contribution in [3.8, 4) is 0 Å². The quantitative estimate of drug-likeness (QED) is 0.603. The molecule has 140 valence electrons. The number of anilines is 3. The van der Waals surface area contributed by atoms with Gasteiger partial charge in [0, 0.05) is 23.6 Å². The lowest BCUT2D eigenvalue weighted by Gasteiger charge is -2.25. The van der Waals surface area contributed by atoms with E-state index in [4.69, 9.17) is 20.9 Å². The van der Waals surface area contributed by atoms with E-state index < -0.39 is 11.8 Å². The van der Waals surface area contributed by atoms with Crippen molar-refractivity contribution in [2.45, 2.75) is 32.9 Å². The zero-order valence-electron chi connectivity index (χ0n) is 15.6. The Kier molecular flexibility index (Phi) is 6.33. The Hall–Kier alpha value is -2.89. The van der Waals surface area contributed by atoms with Crippen LogP contribution in [0.1, 0.15) is 26.3 Å². The second-order valence-corrected chi connectivity index (χ2v) is 7.07.